The van der Waals surface area contributed by atoms with Gasteiger partial charge in [-0.1, -0.05) is 12.1 Å². The van der Waals surface area contributed by atoms with Gasteiger partial charge >= 0.3 is 0 Å². The molecule has 2 nitrogen and oxygen atoms in total. The predicted molar refractivity (Wildman–Crippen MR) is 58.8 cm³/mol. The highest BCUT2D eigenvalue weighted by molar-refractivity contribution is 5.72. The van der Waals surface area contributed by atoms with Crippen molar-refractivity contribution in [2.24, 2.45) is 0 Å². The van der Waals surface area contributed by atoms with E-state index in [2.05, 4.69) is 4.98 Å². The van der Waals surface area contributed by atoms with Crippen LogP contribution in [0.1, 0.15) is 5.56 Å². The van der Waals surface area contributed by atoms with Crippen LogP contribution in [0.5, 0.6) is 0 Å². The molecule has 0 saturated carbocycles. The Hall–Kier alpha value is -1.90. The van der Waals surface area contributed by atoms with Crippen LogP contribution in [0.15, 0.2) is 36.5 Å². The third-order valence-electron chi connectivity index (χ3n) is 2.28. The fourth-order valence-corrected chi connectivity index (χ4v) is 1.40. The monoisotopic (exact) mass is 202 g/mol. The molecule has 2 N–H and O–H groups in total. The minimum absolute atomic E-state index is 0.238. The predicted octanol–water partition coefficient (Wildman–Crippen LogP) is 2.78. The molecule has 1 aromatic carbocycles. The first kappa shape index (κ1) is 9.65. The average molecular weight is 202 g/mol. The Morgan fingerprint density at radius 1 is 1.27 bits per heavy atom. The number of hydrogen-bond donors (Lipinski definition) is 1. The van der Waals surface area contributed by atoms with Crippen LogP contribution >= 0.6 is 0 Å². The lowest BCUT2D eigenvalue weighted by Gasteiger charge is -2.05. The second-order valence-electron chi connectivity index (χ2n) is 3.41. The zero-order valence-electron chi connectivity index (χ0n) is 8.37. The van der Waals surface area contributed by atoms with E-state index in [1.165, 1.54) is 6.07 Å². The van der Waals surface area contributed by atoms with E-state index >= 15 is 0 Å². The summed E-state index contributed by atoms with van der Waals surface area (Å²) in [5, 5.41) is 0. The van der Waals surface area contributed by atoms with Crippen molar-refractivity contribution < 1.29 is 4.39 Å². The zero-order chi connectivity index (χ0) is 10.8. The molecular weight excluding hydrogens is 191 g/mol. The number of nitrogens with two attached hydrogens (primary N) is 1. The number of halogens is 1. The van der Waals surface area contributed by atoms with Crippen molar-refractivity contribution in [1.82, 2.24) is 4.98 Å². The number of aryl methyl sites for hydroxylation is 1. The SMILES string of the molecule is Cc1ccc(-c2ncccc2N)cc1F. The average Bonchev–Trinajstić information content (AvgIpc) is 2.23. The van der Waals surface area contributed by atoms with Gasteiger partial charge in [0.2, 0.25) is 0 Å². The third kappa shape index (κ3) is 1.81. The molecule has 3 heteroatoms. The van der Waals surface area contributed by atoms with Gasteiger partial charge in [-0.3, -0.25) is 4.98 Å². The lowest BCUT2D eigenvalue weighted by Crippen LogP contribution is -1.93. The molecule has 2 rings (SSSR count). The third-order valence-corrected chi connectivity index (χ3v) is 2.28. The van der Waals surface area contributed by atoms with Gasteiger partial charge in [0.05, 0.1) is 11.4 Å². The van der Waals surface area contributed by atoms with Gasteiger partial charge in [0.25, 0.3) is 0 Å². The number of aromatic nitrogens is 1. The van der Waals surface area contributed by atoms with Gasteiger partial charge in [-0.2, -0.15) is 0 Å². The van der Waals surface area contributed by atoms with Gasteiger partial charge in [0, 0.05) is 11.8 Å². The van der Waals surface area contributed by atoms with Crippen LogP contribution in [0.4, 0.5) is 10.1 Å². The van der Waals surface area contributed by atoms with E-state index in [0.29, 0.717) is 22.5 Å². The van der Waals surface area contributed by atoms with E-state index in [1.807, 2.05) is 6.07 Å². The van der Waals surface area contributed by atoms with E-state index in [0.717, 1.165) is 0 Å². The summed E-state index contributed by atoms with van der Waals surface area (Å²) in [4.78, 5) is 4.13. The summed E-state index contributed by atoms with van der Waals surface area (Å²) in [6.45, 7) is 1.72. The highest BCUT2D eigenvalue weighted by Crippen LogP contribution is 2.24. The van der Waals surface area contributed by atoms with Crippen molar-refractivity contribution in [3.63, 3.8) is 0 Å². The second-order valence-corrected chi connectivity index (χ2v) is 3.41. The molecule has 76 valence electrons. The molecule has 15 heavy (non-hydrogen) atoms. The van der Waals surface area contributed by atoms with Crippen LogP contribution in [-0.4, -0.2) is 4.98 Å². The van der Waals surface area contributed by atoms with Gasteiger partial charge in [-0.25, -0.2) is 4.39 Å². The number of pyridine rings is 1. The van der Waals surface area contributed by atoms with E-state index < -0.39 is 0 Å². The van der Waals surface area contributed by atoms with Crippen molar-refractivity contribution in [2.75, 3.05) is 5.73 Å². The summed E-state index contributed by atoms with van der Waals surface area (Å²) in [6.07, 6.45) is 1.64. The fraction of sp³-hybridized carbons (Fsp3) is 0.0833. The summed E-state index contributed by atoms with van der Waals surface area (Å²) in [5.74, 6) is -0.238. The highest BCUT2D eigenvalue weighted by Gasteiger charge is 2.05. The van der Waals surface area contributed by atoms with Gasteiger partial charge in [-0.15, -0.1) is 0 Å². The molecule has 0 unspecified atom stereocenters. The Morgan fingerprint density at radius 2 is 2.07 bits per heavy atom. The normalized spacial score (nSPS) is 10.3. The minimum atomic E-state index is -0.238. The standard InChI is InChI=1S/C12H11FN2/c1-8-4-5-9(7-10(8)13)12-11(14)3-2-6-15-12/h2-7H,14H2,1H3. The first-order chi connectivity index (χ1) is 7.18. The molecule has 0 spiro atoms. The minimum Gasteiger partial charge on any atom is -0.397 e. The topological polar surface area (TPSA) is 38.9 Å². The summed E-state index contributed by atoms with van der Waals surface area (Å²) >= 11 is 0. The van der Waals surface area contributed by atoms with E-state index in [9.17, 15) is 4.39 Å². The van der Waals surface area contributed by atoms with Crippen LogP contribution in [0.3, 0.4) is 0 Å². The van der Waals surface area contributed by atoms with Gasteiger partial charge in [0.1, 0.15) is 5.82 Å². The van der Waals surface area contributed by atoms with Crippen molar-refractivity contribution in [3.8, 4) is 11.3 Å². The van der Waals surface area contributed by atoms with Crippen molar-refractivity contribution >= 4 is 5.69 Å². The summed E-state index contributed by atoms with van der Waals surface area (Å²) in [7, 11) is 0. The molecule has 0 radical (unpaired) electrons. The summed E-state index contributed by atoms with van der Waals surface area (Å²) < 4.78 is 13.3. The van der Waals surface area contributed by atoms with Crippen molar-refractivity contribution in [3.05, 3.63) is 47.9 Å². The molecule has 0 fully saturated rings. The Labute approximate surface area is 87.6 Å². The van der Waals surface area contributed by atoms with Gasteiger partial charge in [0.15, 0.2) is 0 Å². The smallest absolute Gasteiger partial charge is 0.126 e. The van der Waals surface area contributed by atoms with Gasteiger partial charge < -0.3 is 5.73 Å². The Kier molecular flexibility index (Phi) is 2.37. The number of rotatable bonds is 1. The molecule has 1 heterocycles. The highest BCUT2D eigenvalue weighted by atomic mass is 19.1. The van der Waals surface area contributed by atoms with Crippen LogP contribution in [0.2, 0.25) is 0 Å². The van der Waals surface area contributed by atoms with Crippen LogP contribution in [-0.2, 0) is 0 Å². The Bertz CT molecular complexity index is 495. The lowest BCUT2D eigenvalue weighted by atomic mass is 10.1. The maximum atomic E-state index is 13.3. The van der Waals surface area contributed by atoms with Crippen molar-refractivity contribution in [2.45, 2.75) is 6.92 Å². The first-order valence-corrected chi connectivity index (χ1v) is 4.65. The van der Waals surface area contributed by atoms with Crippen molar-refractivity contribution in [1.29, 1.82) is 0 Å². The quantitative estimate of drug-likeness (QED) is 0.772. The molecular formula is C12H11FN2. The van der Waals surface area contributed by atoms with Gasteiger partial charge in [-0.05, 0) is 30.7 Å². The molecule has 2 aromatic rings. The fourth-order valence-electron chi connectivity index (χ4n) is 1.40. The van der Waals surface area contributed by atoms with Crippen LogP contribution < -0.4 is 5.73 Å². The summed E-state index contributed by atoms with van der Waals surface area (Å²) in [6, 6.07) is 8.49. The molecule has 0 aliphatic carbocycles. The number of anilines is 1. The maximum absolute atomic E-state index is 13.3. The zero-order valence-corrected chi connectivity index (χ0v) is 8.37. The van der Waals surface area contributed by atoms with E-state index in [4.69, 9.17) is 5.73 Å². The van der Waals surface area contributed by atoms with E-state index in [-0.39, 0.29) is 5.82 Å². The molecule has 1 aromatic heterocycles. The maximum Gasteiger partial charge on any atom is 0.126 e. The number of benzene rings is 1. The lowest BCUT2D eigenvalue weighted by molar-refractivity contribution is 0.619. The van der Waals surface area contributed by atoms with Crippen LogP contribution in [0.25, 0.3) is 11.3 Å². The number of hydrogen-bond acceptors (Lipinski definition) is 2. The largest absolute Gasteiger partial charge is 0.397 e. The number of nitrogen functional groups attached to an aromatic ring is 1. The molecule has 0 aliphatic rings. The summed E-state index contributed by atoms with van der Waals surface area (Å²) in [5.41, 5.74) is 8.26. The Balaban J connectivity index is 2.55. The molecule has 0 saturated heterocycles. The second kappa shape index (κ2) is 3.69. The van der Waals surface area contributed by atoms with Crippen LogP contribution in [0, 0.1) is 12.7 Å². The first-order valence-electron chi connectivity index (χ1n) is 4.65. The molecule has 0 amide bonds. The Morgan fingerprint density at radius 3 is 2.73 bits per heavy atom. The van der Waals surface area contributed by atoms with E-state index in [1.54, 1.807) is 31.3 Å². The molecule has 0 bridgehead atoms. The molecule has 0 aliphatic heterocycles. The number of nitrogens with zero attached hydrogens (tertiary/aromatic N) is 1. The molecule has 0 atom stereocenters.